The minimum absolute atomic E-state index is 0.126. The highest BCUT2D eigenvalue weighted by Gasteiger charge is 2.37. The van der Waals surface area contributed by atoms with Gasteiger partial charge in [0.15, 0.2) is 0 Å². The van der Waals surface area contributed by atoms with Gasteiger partial charge >= 0.3 is 0 Å². The van der Waals surface area contributed by atoms with Crippen molar-refractivity contribution in [2.75, 3.05) is 0 Å². The first-order chi connectivity index (χ1) is 7.39. The van der Waals surface area contributed by atoms with Crippen molar-refractivity contribution in [1.29, 1.82) is 0 Å². The third-order valence-electron chi connectivity index (χ3n) is 4.65. The molecular formula is C15H26O. The Kier molecular flexibility index (Phi) is 3.18. The molecule has 0 aromatic rings. The van der Waals surface area contributed by atoms with Crippen LogP contribution in [0.4, 0.5) is 0 Å². The van der Waals surface area contributed by atoms with Crippen molar-refractivity contribution < 1.29 is 5.11 Å². The average Bonchev–Trinajstić information content (AvgIpc) is 2.44. The minimum atomic E-state index is -0.126. The molecule has 0 spiro atoms. The van der Waals surface area contributed by atoms with E-state index < -0.39 is 0 Å². The van der Waals surface area contributed by atoms with Crippen LogP contribution in [0.1, 0.15) is 59.8 Å². The van der Waals surface area contributed by atoms with Crippen molar-refractivity contribution in [3.63, 3.8) is 0 Å². The molecule has 0 aromatic heterocycles. The first-order valence-corrected chi connectivity index (χ1v) is 6.75. The zero-order valence-corrected chi connectivity index (χ0v) is 11.2. The van der Waals surface area contributed by atoms with Gasteiger partial charge in [0, 0.05) is 0 Å². The molecule has 0 aromatic carbocycles. The summed E-state index contributed by atoms with van der Waals surface area (Å²) < 4.78 is 0. The first kappa shape index (κ1) is 12.2. The maximum absolute atomic E-state index is 10.1. The molecule has 2 rings (SSSR count). The van der Waals surface area contributed by atoms with Gasteiger partial charge in [-0.3, -0.25) is 0 Å². The molecule has 1 nitrogen and oxygen atoms in total. The summed E-state index contributed by atoms with van der Waals surface area (Å²) in [5.41, 5.74) is 3.46. The van der Waals surface area contributed by atoms with Gasteiger partial charge in [0.25, 0.3) is 0 Å². The summed E-state index contributed by atoms with van der Waals surface area (Å²) in [6, 6.07) is 0. The highest BCUT2D eigenvalue weighted by atomic mass is 16.3. The molecule has 1 saturated carbocycles. The second-order valence-electron chi connectivity index (χ2n) is 6.86. The Morgan fingerprint density at radius 2 is 1.94 bits per heavy atom. The average molecular weight is 222 g/mol. The molecule has 1 heteroatoms. The van der Waals surface area contributed by atoms with Gasteiger partial charge in [-0.15, -0.1) is 0 Å². The van der Waals surface area contributed by atoms with Gasteiger partial charge in [0.1, 0.15) is 0 Å². The molecule has 0 aliphatic heterocycles. The Bertz CT molecular complexity index is 301. The Morgan fingerprint density at radius 3 is 2.62 bits per heavy atom. The highest BCUT2D eigenvalue weighted by Crippen LogP contribution is 2.48. The molecule has 0 radical (unpaired) electrons. The van der Waals surface area contributed by atoms with Crippen molar-refractivity contribution in [3.8, 4) is 0 Å². The lowest BCUT2D eigenvalue weighted by Gasteiger charge is -2.35. The summed E-state index contributed by atoms with van der Waals surface area (Å²) in [7, 11) is 0. The Hall–Kier alpha value is -0.300. The number of allylic oxidation sites excluding steroid dienone is 1. The highest BCUT2D eigenvalue weighted by molar-refractivity contribution is 5.22. The van der Waals surface area contributed by atoms with Crippen molar-refractivity contribution in [2.45, 2.75) is 65.9 Å². The van der Waals surface area contributed by atoms with Crippen LogP contribution in [0.3, 0.4) is 0 Å². The second-order valence-corrected chi connectivity index (χ2v) is 6.86. The number of rotatable bonds is 0. The molecule has 3 atom stereocenters. The Morgan fingerprint density at radius 1 is 1.25 bits per heavy atom. The SMILES string of the molecule is C/C1=C2\CC[C@@H](C)[C@H]2CC(C)(C)C[C@H](O)C1. The fourth-order valence-electron chi connectivity index (χ4n) is 3.84. The van der Waals surface area contributed by atoms with Crippen LogP contribution in [0, 0.1) is 17.3 Å². The van der Waals surface area contributed by atoms with E-state index in [9.17, 15) is 5.11 Å². The van der Waals surface area contributed by atoms with E-state index in [1.54, 1.807) is 5.57 Å². The van der Waals surface area contributed by atoms with E-state index in [4.69, 9.17) is 0 Å². The van der Waals surface area contributed by atoms with Crippen molar-refractivity contribution in [1.82, 2.24) is 0 Å². The quantitative estimate of drug-likeness (QED) is 0.616. The normalized spacial score (nSPS) is 43.7. The smallest absolute Gasteiger partial charge is 0.0582 e. The minimum Gasteiger partial charge on any atom is -0.393 e. The van der Waals surface area contributed by atoms with E-state index in [0.29, 0.717) is 5.41 Å². The van der Waals surface area contributed by atoms with E-state index in [0.717, 1.165) is 24.7 Å². The number of aliphatic hydroxyl groups excluding tert-OH is 1. The van der Waals surface area contributed by atoms with E-state index in [-0.39, 0.29) is 6.10 Å². The lowest BCUT2D eigenvalue weighted by atomic mass is 9.71. The summed E-state index contributed by atoms with van der Waals surface area (Å²) in [4.78, 5) is 0. The molecule has 2 aliphatic carbocycles. The van der Waals surface area contributed by atoms with Gasteiger partial charge < -0.3 is 5.11 Å². The van der Waals surface area contributed by atoms with Gasteiger partial charge in [-0.2, -0.15) is 0 Å². The van der Waals surface area contributed by atoms with Crippen LogP contribution in [0.2, 0.25) is 0 Å². The predicted molar refractivity (Wildman–Crippen MR) is 68.2 cm³/mol. The standard InChI is InChI=1S/C15H26O/c1-10-5-6-13-11(2)7-12(16)8-15(3,4)9-14(10)13/h10,12,14,16H,5-9H2,1-4H3/b13-11-/t10-,12-,14-/m1/s1. The molecule has 0 bridgehead atoms. The largest absolute Gasteiger partial charge is 0.393 e. The molecule has 0 saturated heterocycles. The van der Waals surface area contributed by atoms with Crippen LogP contribution >= 0.6 is 0 Å². The van der Waals surface area contributed by atoms with Gasteiger partial charge in [0.05, 0.1) is 6.10 Å². The molecule has 1 N–H and O–H groups in total. The number of aliphatic hydroxyl groups is 1. The van der Waals surface area contributed by atoms with Crippen molar-refractivity contribution in [2.24, 2.45) is 17.3 Å². The lowest BCUT2D eigenvalue weighted by molar-refractivity contribution is 0.0936. The van der Waals surface area contributed by atoms with Gasteiger partial charge in [0.2, 0.25) is 0 Å². The van der Waals surface area contributed by atoms with Gasteiger partial charge in [-0.25, -0.2) is 0 Å². The van der Waals surface area contributed by atoms with Gasteiger partial charge in [-0.05, 0) is 56.3 Å². The predicted octanol–water partition coefficient (Wildman–Crippen LogP) is 3.92. The summed E-state index contributed by atoms with van der Waals surface area (Å²) in [6.07, 6.45) is 5.63. The molecule has 92 valence electrons. The third kappa shape index (κ3) is 2.34. The van der Waals surface area contributed by atoms with Crippen LogP contribution in [-0.2, 0) is 0 Å². The van der Waals surface area contributed by atoms with Crippen molar-refractivity contribution >= 4 is 0 Å². The molecule has 2 aliphatic rings. The van der Waals surface area contributed by atoms with E-state index in [2.05, 4.69) is 27.7 Å². The van der Waals surface area contributed by atoms with E-state index in [1.807, 2.05) is 0 Å². The molecule has 1 fully saturated rings. The molecule has 0 unspecified atom stereocenters. The van der Waals surface area contributed by atoms with Crippen LogP contribution in [0.5, 0.6) is 0 Å². The van der Waals surface area contributed by atoms with Crippen LogP contribution in [-0.4, -0.2) is 11.2 Å². The number of hydrogen-bond acceptors (Lipinski definition) is 1. The monoisotopic (exact) mass is 222 g/mol. The van der Waals surface area contributed by atoms with Crippen LogP contribution < -0.4 is 0 Å². The topological polar surface area (TPSA) is 20.2 Å². The maximum atomic E-state index is 10.1. The summed E-state index contributed by atoms with van der Waals surface area (Å²) in [5.74, 6) is 1.64. The fraction of sp³-hybridized carbons (Fsp3) is 0.867. The van der Waals surface area contributed by atoms with E-state index >= 15 is 0 Å². The third-order valence-corrected chi connectivity index (χ3v) is 4.65. The first-order valence-electron chi connectivity index (χ1n) is 6.75. The zero-order chi connectivity index (χ0) is 11.9. The zero-order valence-electron chi connectivity index (χ0n) is 11.2. The second kappa shape index (κ2) is 4.18. The lowest BCUT2D eigenvalue weighted by Crippen LogP contribution is -2.27. The summed E-state index contributed by atoms with van der Waals surface area (Å²) >= 11 is 0. The van der Waals surface area contributed by atoms with Gasteiger partial charge in [-0.1, -0.05) is 31.9 Å². The van der Waals surface area contributed by atoms with Crippen LogP contribution in [0.15, 0.2) is 11.1 Å². The van der Waals surface area contributed by atoms with E-state index in [1.165, 1.54) is 24.8 Å². The summed E-state index contributed by atoms with van der Waals surface area (Å²) in [6.45, 7) is 9.28. The Labute approximate surface area is 99.9 Å². The van der Waals surface area contributed by atoms with Crippen LogP contribution in [0.25, 0.3) is 0 Å². The molecule has 0 amide bonds. The molecule has 0 heterocycles. The fourth-order valence-corrected chi connectivity index (χ4v) is 3.84. The van der Waals surface area contributed by atoms with Crippen molar-refractivity contribution in [3.05, 3.63) is 11.1 Å². The summed E-state index contributed by atoms with van der Waals surface area (Å²) in [5, 5.41) is 10.1. The number of hydrogen-bond donors (Lipinski definition) is 1. The number of fused-ring (bicyclic) bond motifs is 1. The Balaban J connectivity index is 2.31. The molecular weight excluding hydrogens is 196 g/mol. The maximum Gasteiger partial charge on any atom is 0.0582 e. The molecule has 16 heavy (non-hydrogen) atoms.